The van der Waals surface area contributed by atoms with Gasteiger partial charge in [0.1, 0.15) is 0 Å². The zero-order chi connectivity index (χ0) is 14.0. The molecule has 1 heterocycles. The minimum Gasteiger partial charge on any atom is -0.310 e. The van der Waals surface area contributed by atoms with Crippen molar-refractivity contribution < 1.29 is 8.42 Å². The maximum absolute atomic E-state index is 12.4. The molecule has 0 bridgehead atoms. The van der Waals surface area contributed by atoms with Gasteiger partial charge in [-0.25, -0.2) is 13.1 Å². The lowest BCUT2D eigenvalue weighted by Gasteiger charge is -2.14. The van der Waals surface area contributed by atoms with Crippen LogP contribution in [-0.2, 0) is 16.6 Å². The van der Waals surface area contributed by atoms with Gasteiger partial charge in [-0.1, -0.05) is 13.8 Å². The summed E-state index contributed by atoms with van der Waals surface area (Å²) in [5, 5.41) is 5.11. The van der Waals surface area contributed by atoms with Crippen LogP contribution in [0, 0.1) is 5.92 Å². The summed E-state index contributed by atoms with van der Waals surface area (Å²) in [5.41, 5.74) is 0. The SMILES string of the molecule is CC(C)NCc1sccc1S(=O)(=O)NC(C)C1CC1. The van der Waals surface area contributed by atoms with Gasteiger partial charge in [-0.2, -0.15) is 0 Å². The van der Waals surface area contributed by atoms with Crippen LogP contribution in [0.5, 0.6) is 0 Å². The molecule has 2 rings (SSSR count). The van der Waals surface area contributed by atoms with E-state index in [-0.39, 0.29) is 6.04 Å². The van der Waals surface area contributed by atoms with Gasteiger partial charge in [0.05, 0.1) is 4.90 Å². The molecule has 0 aromatic carbocycles. The minimum atomic E-state index is -3.38. The van der Waals surface area contributed by atoms with Crippen LogP contribution < -0.4 is 10.0 Å². The Morgan fingerprint density at radius 2 is 2.05 bits per heavy atom. The lowest BCUT2D eigenvalue weighted by Crippen LogP contribution is -2.34. The molecular weight excluding hydrogens is 280 g/mol. The lowest BCUT2D eigenvalue weighted by molar-refractivity contribution is 0.535. The summed E-state index contributed by atoms with van der Waals surface area (Å²) in [5.74, 6) is 0.519. The Labute approximate surface area is 119 Å². The van der Waals surface area contributed by atoms with Gasteiger partial charge in [-0.15, -0.1) is 11.3 Å². The molecule has 1 unspecified atom stereocenters. The van der Waals surface area contributed by atoms with Crippen LogP contribution in [0.1, 0.15) is 38.5 Å². The minimum absolute atomic E-state index is 0.0378. The van der Waals surface area contributed by atoms with Crippen LogP contribution in [0.15, 0.2) is 16.3 Å². The van der Waals surface area contributed by atoms with Crippen LogP contribution in [0.3, 0.4) is 0 Å². The van der Waals surface area contributed by atoms with E-state index in [2.05, 4.69) is 23.9 Å². The number of hydrogen-bond donors (Lipinski definition) is 2. The average molecular weight is 302 g/mol. The first-order chi connectivity index (χ1) is 8.90. The highest BCUT2D eigenvalue weighted by atomic mass is 32.2. The second-order valence-electron chi connectivity index (χ2n) is 5.49. The Balaban J connectivity index is 2.08. The fraction of sp³-hybridized carbons (Fsp3) is 0.692. The van der Waals surface area contributed by atoms with E-state index in [0.717, 1.165) is 17.7 Å². The molecule has 1 fully saturated rings. The Hall–Kier alpha value is -0.430. The molecule has 0 saturated heterocycles. The van der Waals surface area contributed by atoms with Crippen molar-refractivity contribution >= 4 is 21.4 Å². The van der Waals surface area contributed by atoms with Crippen molar-refractivity contribution in [3.05, 3.63) is 16.3 Å². The van der Waals surface area contributed by atoms with Crippen LogP contribution in [0.2, 0.25) is 0 Å². The van der Waals surface area contributed by atoms with Crippen molar-refractivity contribution in [2.24, 2.45) is 5.92 Å². The largest absolute Gasteiger partial charge is 0.310 e. The molecule has 1 aliphatic carbocycles. The third kappa shape index (κ3) is 4.02. The van der Waals surface area contributed by atoms with E-state index in [1.807, 2.05) is 12.3 Å². The topological polar surface area (TPSA) is 58.2 Å². The molecule has 0 spiro atoms. The molecule has 0 aliphatic heterocycles. The standard InChI is InChI=1S/C13H22N2O2S2/c1-9(2)14-8-12-13(6-7-18-12)19(16,17)15-10(3)11-4-5-11/h6-7,9-11,14-15H,4-5,8H2,1-3H3. The summed E-state index contributed by atoms with van der Waals surface area (Å²) in [7, 11) is -3.38. The third-order valence-electron chi connectivity index (χ3n) is 3.34. The molecule has 4 nitrogen and oxygen atoms in total. The first kappa shape index (κ1) is 15.0. The molecule has 0 radical (unpaired) electrons. The Bertz CT molecular complexity index is 519. The molecule has 108 valence electrons. The summed E-state index contributed by atoms with van der Waals surface area (Å²) in [6, 6.07) is 2.08. The highest BCUT2D eigenvalue weighted by Crippen LogP contribution is 2.33. The molecule has 2 N–H and O–H groups in total. The highest BCUT2D eigenvalue weighted by Gasteiger charge is 2.32. The zero-order valence-corrected chi connectivity index (χ0v) is 13.3. The Kier molecular flexibility index (Phi) is 4.66. The van der Waals surface area contributed by atoms with Gasteiger partial charge in [-0.05, 0) is 37.1 Å². The number of nitrogens with one attached hydrogen (secondary N) is 2. The van der Waals surface area contributed by atoms with Crippen molar-refractivity contribution in [2.75, 3.05) is 0 Å². The number of rotatable bonds is 7. The smallest absolute Gasteiger partial charge is 0.241 e. The van der Waals surface area contributed by atoms with E-state index >= 15 is 0 Å². The van der Waals surface area contributed by atoms with Gasteiger partial charge < -0.3 is 5.32 Å². The van der Waals surface area contributed by atoms with E-state index in [4.69, 9.17) is 0 Å². The van der Waals surface area contributed by atoms with Crippen LogP contribution in [-0.4, -0.2) is 20.5 Å². The van der Waals surface area contributed by atoms with Crippen LogP contribution >= 0.6 is 11.3 Å². The van der Waals surface area contributed by atoms with Gasteiger partial charge >= 0.3 is 0 Å². The molecule has 1 atom stereocenters. The van der Waals surface area contributed by atoms with Gasteiger partial charge in [0, 0.05) is 23.5 Å². The van der Waals surface area contributed by atoms with Crippen LogP contribution in [0.25, 0.3) is 0 Å². The third-order valence-corrected chi connectivity index (χ3v) is 6.03. The van der Waals surface area contributed by atoms with Crippen molar-refractivity contribution in [3.63, 3.8) is 0 Å². The second-order valence-corrected chi connectivity index (χ2v) is 8.17. The number of thiophene rings is 1. The predicted molar refractivity (Wildman–Crippen MR) is 78.8 cm³/mol. The normalized spacial score (nSPS) is 17.9. The van der Waals surface area contributed by atoms with Gasteiger partial charge in [0.15, 0.2) is 0 Å². The molecule has 1 aromatic heterocycles. The van der Waals surface area contributed by atoms with Gasteiger partial charge in [0.2, 0.25) is 10.0 Å². The van der Waals surface area contributed by atoms with E-state index in [1.165, 1.54) is 11.3 Å². The summed E-state index contributed by atoms with van der Waals surface area (Å²) < 4.78 is 27.5. The second kappa shape index (κ2) is 5.91. The molecule has 6 heteroatoms. The summed E-state index contributed by atoms with van der Waals surface area (Å²) in [6.45, 7) is 6.65. The molecule has 19 heavy (non-hydrogen) atoms. The molecule has 1 saturated carbocycles. The Morgan fingerprint density at radius 1 is 1.37 bits per heavy atom. The predicted octanol–water partition coefficient (Wildman–Crippen LogP) is 2.32. The maximum atomic E-state index is 12.4. The molecule has 0 amide bonds. The first-order valence-corrected chi connectivity index (χ1v) is 9.08. The van der Waals surface area contributed by atoms with E-state index in [9.17, 15) is 8.42 Å². The lowest BCUT2D eigenvalue weighted by atomic mass is 10.2. The molecular formula is C13H22N2O2S2. The average Bonchev–Trinajstić information content (AvgIpc) is 3.04. The zero-order valence-electron chi connectivity index (χ0n) is 11.6. The van der Waals surface area contributed by atoms with Crippen molar-refractivity contribution in [3.8, 4) is 0 Å². The van der Waals surface area contributed by atoms with Crippen molar-refractivity contribution in [1.82, 2.24) is 10.0 Å². The number of hydrogen-bond acceptors (Lipinski definition) is 4. The molecule has 1 aliphatic rings. The Morgan fingerprint density at radius 3 is 2.63 bits per heavy atom. The fourth-order valence-electron chi connectivity index (χ4n) is 1.99. The molecule has 1 aromatic rings. The highest BCUT2D eigenvalue weighted by molar-refractivity contribution is 7.89. The van der Waals surface area contributed by atoms with E-state index in [0.29, 0.717) is 23.4 Å². The fourth-order valence-corrected chi connectivity index (χ4v) is 4.70. The monoisotopic (exact) mass is 302 g/mol. The van der Waals surface area contributed by atoms with E-state index in [1.54, 1.807) is 6.07 Å². The van der Waals surface area contributed by atoms with Gasteiger partial charge in [-0.3, -0.25) is 0 Å². The quantitative estimate of drug-likeness (QED) is 0.812. The van der Waals surface area contributed by atoms with Crippen molar-refractivity contribution in [2.45, 2.75) is 57.1 Å². The van der Waals surface area contributed by atoms with Crippen LogP contribution in [0.4, 0.5) is 0 Å². The summed E-state index contributed by atoms with van der Waals surface area (Å²) in [4.78, 5) is 1.31. The summed E-state index contributed by atoms with van der Waals surface area (Å²) in [6.07, 6.45) is 2.27. The van der Waals surface area contributed by atoms with Crippen molar-refractivity contribution in [1.29, 1.82) is 0 Å². The number of sulfonamides is 1. The first-order valence-electron chi connectivity index (χ1n) is 6.72. The van der Waals surface area contributed by atoms with Gasteiger partial charge in [0.25, 0.3) is 0 Å². The maximum Gasteiger partial charge on any atom is 0.241 e. The summed E-state index contributed by atoms with van der Waals surface area (Å²) >= 11 is 1.49. The van der Waals surface area contributed by atoms with E-state index < -0.39 is 10.0 Å².